The van der Waals surface area contributed by atoms with E-state index in [0.29, 0.717) is 11.6 Å². The first kappa shape index (κ1) is 12.0. The first-order valence-corrected chi connectivity index (χ1v) is 5.75. The smallest absolute Gasteiger partial charge is 0.119 e. The first-order chi connectivity index (χ1) is 8.24. The molecule has 2 nitrogen and oxygen atoms in total. The van der Waals surface area contributed by atoms with Gasteiger partial charge in [-0.2, -0.15) is 0 Å². The van der Waals surface area contributed by atoms with Crippen LogP contribution in [0.1, 0.15) is 5.56 Å². The van der Waals surface area contributed by atoms with Gasteiger partial charge in [0.15, 0.2) is 0 Å². The Bertz CT molecular complexity index is 525. The number of ether oxygens (including phenoxy) is 1. The standard InChI is InChI=1S/C14H14ClNO/c1-17-13-4-2-3-10(8-13)11-5-6-14(15)12(7-11)9-16/h2-8H,9,16H2,1H3. The van der Waals surface area contributed by atoms with Gasteiger partial charge < -0.3 is 10.5 Å². The Morgan fingerprint density at radius 1 is 1.12 bits per heavy atom. The highest BCUT2D eigenvalue weighted by Crippen LogP contribution is 2.27. The topological polar surface area (TPSA) is 35.2 Å². The fraction of sp³-hybridized carbons (Fsp3) is 0.143. The van der Waals surface area contributed by atoms with Crippen LogP contribution in [-0.2, 0) is 6.54 Å². The molecule has 0 aromatic heterocycles. The van der Waals surface area contributed by atoms with Gasteiger partial charge in [0.05, 0.1) is 7.11 Å². The van der Waals surface area contributed by atoms with Crippen LogP contribution in [0.2, 0.25) is 5.02 Å². The summed E-state index contributed by atoms with van der Waals surface area (Å²) in [6.45, 7) is 0.441. The molecule has 2 rings (SSSR count). The Morgan fingerprint density at radius 2 is 1.88 bits per heavy atom. The van der Waals surface area contributed by atoms with E-state index < -0.39 is 0 Å². The van der Waals surface area contributed by atoms with Crippen molar-refractivity contribution < 1.29 is 4.74 Å². The molecular weight excluding hydrogens is 234 g/mol. The molecule has 0 saturated carbocycles. The van der Waals surface area contributed by atoms with Crippen molar-refractivity contribution in [2.75, 3.05) is 7.11 Å². The molecule has 3 heteroatoms. The Morgan fingerprint density at radius 3 is 2.59 bits per heavy atom. The maximum Gasteiger partial charge on any atom is 0.119 e. The average molecular weight is 248 g/mol. The normalized spacial score (nSPS) is 10.3. The van der Waals surface area contributed by atoms with Gasteiger partial charge >= 0.3 is 0 Å². The van der Waals surface area contributed by atoms with Crippen LogP contribution >= 0.6 is 11.6 Å². The Labute approximate surface area is 106 Å². The second kappa shape index (κ2) is 5.21. The molecule has 2 N–H and O–H groups in total. The molecule has 0 heterocycles. The minimum atomic E-state index is 0.441. The number of halogens is 1. The summed E-state index contributed by atoms with van der Waals surface area (Å²) in [5.41, 5.74) is 8.78. The van der Waals surface area contributed by atoms with Crippen LogP contribution in [0.25, 0.3) is 11.1 Å². The number of benzene rings is 2. The van der Waals surface area contributed by atoms with Crippen molar-refractivity contribution in [2.45, 2.75) is 6.54 Å². The molecule has 0 fully saturated rings. The SMILES string of the molecule is COc1cccc(-c2ccc(Cl)c(CN)c2)c1. The van der Waals surface area contributed by atoms with E-state index in [1.807, 2.05) is 42.5 Å². The maximum atomic E-state index is 6.04. The Kier molecular flexibility index (Phi) is 3.67. The van der Waals surface area contributed by atoms with Crippen LogP contribution in [0.4, 0.5) is 0 Å². The zero-order valence-electron chi connectivity index (χ0n) is 9.61. The molecule has 0 bridgehead atoms. The lowest BCUT2D eigenvalue weighted by atomic mass is 10.0. The third-order valence-electron chi connectivity index (χ3n) is 2.67. The number of hydrogen-bond acceptors (Lipinski definition) is 2. The van der Waals surface area contributed by atoms with Crippen molar-refractivity contribution in [2.24, 2.45) is 5.73 Å². The second-order valence-corrected chi connectivity index (χ2v) is 4.15. The Balaban J connectivity index is 2.45. The predicted octanol–water partition coefficient (Wildman–Crippen LogP) is 3.47. The summed E-state index contributed by atoms with van der Waals surface area (Å²) >= 11 is 6.04. The van der Waals surface area contributed by atoms with Gasteiger partial charge in [-0.3, -0.25) is 0 Å². The molecule has 2 aromatic carbocycles. The monoisotopic (exact) mass is 247 g/mol. The maximum absolute atomic E-state index is 6.04. The van der Waals surface area contributed by atoms with Crippen molar-refractivity contribution in [3.8, 4) is 16.9 Å². The van der Waals surface area contributed by atoms with Crippen LogP contribution in [0.5, 0.6) is 5.75 Å². The predicted molar refractivity (Wildman–Crippen MR) is 71.3 cm³/mol. The molecule has 0 radical (unpaired) electrons. The van der Waals surface area contributed by atoms with Gasteiger partial charge in [0.2, 0.25) is 0 Å². The van der Waals surface area contributed by atoms with Gasteiger partial charge in [-0.25, -0.2) is 0 Å². The summed E-state index contributed by atoms with van der Waals surface area (Å²) in [4.78, 5) is 0. The van der Waals surface area contributed by atoms with Gasteiger partial charge in [-0.15, -0.1) is 0 Å². The molecule has 0 atom stereocenters. The van der Waals surface area contributed by atoms with E-state index in [2.05, 4.69) is 0 Å². The lowest BCUT2D eigenvalue weighted by Crippen LogP contribution is -1.97. The number of rotatable bonds is 3. The highest BCUT2D eigenvalue weighted by Gasteiger charge is 2.03. The molecule has 0 aliphatic heterocycles. The Hall–Kier alpha value is -1.51. The zero-order valence-corrected chi connectivity index (χ0v) is 10.4. The van der Waals surface area contributed by atoms with E-state index >= 15 is 0 Å². The molecular formula is C14H14ClNO. The van der Waals surface area contributed by atoms with Crippen LogP contribution in [0.3, 0.4) is 0 Å². The lowest BCUT2D eigenvalue weighted by Gasteiger charge is -2.07. The van der Waals surface area contributed by atoms with E-state index in [-0.39, 0.29) is 0 Å². The fourth-order valence-corrected chi connectivity index (χ4v) is 1.91. The summed E-state index contributed by atoms with van der Waals surface area (Å²) in [7, 11) is 1.66. The van der Waals surface area contributed by atoms with Crippen molar-refractivity contribution in [1.82, 2.24) is 0 Å². The second-order valence-electron chi connectivity index (χ2n) is 3.74. The van der Waals surface area contributed by atoms with Crippen LogP contribution in [0.15, 0.2) is 42.5 Å². The number of nitrogens with two attached hydrogens (primary N) is 1. The molecule has 88 valence electrons. The fourth-order valence-electron chi connectivity index (χ4n) is 1.71. The minimum Gasteiger partial charge on any atom is -0.497 e. The summed E-state index contributed by atoms with van der Waals surface area (Å²) < 4.78 is 5.21. The largest absolute Gasteiger partial charge is 0.497 e. The molecule has 0 spiro atoms. The highest BCUT2D eigenvalue weighted by molar-refractivity contribution is 6.31. The highest BCUT2D eigenvalue weighted by atomic mass is 35.5. The molecule has 0 saturated heterocycles. The third-order valence-corrected chi connectivity index (χ3v) is 3.04. The van der Waals surface area contributed by atoms with E-state index in [4.69, 9.17) is 22.1 Å². The quantitative estimate of drug-likeness (QED) is 0.901. The molecule has 0 aliphatic rings. The van der Waals surface area contributed by atoms with Gasteiger partial charge in [0.1, 0.15) is 5.75 Å². The van der Waals surface area contributed by atoms with Crippen LogP contribution in [0, 0.1) is 0 Å². The van der Waals surface area contributed by atoms with Crippen molar-refractivity contribution in [3.63, 3.8) is 0 Å². The first-order valence-electron chi connectivity index (χ1n) is 5.37. The lowest BCUT2D eigenvalue weighted by molar-refractivity contribution is 0.415. The van der Waals surface area contributed by atoms with E-state index in [1.165, 1.54) is 0 Å². The van der Waals surface area contributed by atoms with Crippen LogP contribution in [-0.4, -0.2) is 7.11 Å². The number of methoxy groups -OCH3 is 1. The van der Waals surface area contributed by atoms with E-state index in [9.17, 15) is 0 Å². The van der Waals surface area contributed by atoms with Crippen molar-refractivity contribution in [1.29, 1.82) is 0 Å². The minimum absolute atomic E-state index is 0.441. The summed E-state index contributed by atoms with van der Waals surface area (Å²) in [6, 6.07) is 13.8. The average Bonchev–Trinajstić information content (AvgIpc) is 2.39. The summed E-state index contributed by atoms with van der Waals surface area (Å²) in [5, 5.41) is 0.708. The van der Waals surface area contributed by atoms with Crippen molar-refractivity contribution >= 4 is 11.6 Å². The van der Waals surface area contributed by atoms with Gasteiger partial charge in [-0.1, -0.05) is 29.8 Å². The number of hydrogen-bond donors (Lipinski definition) is 1. The zero-order chi connectivity index (χ0) is 12.3. The van der Waals surface area contributed by atoms with Crippen LogP contribution < -0.4 is 10.5 Å². The van der Waals surface area contributed by atoms with Crippen molar-refractivity contribution in [3.05, 3.63) is 53.1 Å². The van der Waals surface area contributed by atoms with Gasteiger partial charge in [-0.05, 0) is 41.0 Å². The van der Waals surface area contributed by atoms with Gasteiger partial charge in [0.25, 0.3) is 0 Å². The van der Waals surface area contributed by atoms with E-state index in [0.717, 1.165) is 22.4 Å². The molecule has 0 amide bonds. The molecule has 0 aliphatic carbocycles. The third kappa shape index (κ3) is 2.60. The molecule has 2 aromatic rings. The molecule has 0 unspecified atom stereocenters. The van der Waals surface area contributed by atoms with E-state index in [1.54, 1.807) is 7.11 Å². The molecule has 17 heavy (non-hydrogen) atoms. The summed E-state index contributed by atoms with van der Waals surface area (Å²) in [5.74, 6) is 0.840. The van der Waals surface area contributed by atoms with Gasteiger partial charge in [0, 0.05) is 11.6 Å². The summed E-state index contributed by atoms with van der Waals surface area (Å²) in [6.07, 6.45) is 0.